The summed E-state index contributed by atoms with van der Waals surface area (Å²) in [5, 5.41) is 6.65. The fraction of sp³-hybridized carbons (Fsp3) is 0.458. The Kier molecular flexibility index (Phi) is 10.5. The Labute approximate surface area is 190 Å². The van der Waals surface area contributed by atoms with Crippen molar-refractivity contribution in [2.45, 2.75) is 26.9 Å². The molecule has 32 heavy (non-hydrogen) atoms. The molecule has 2 rings (SSSR count). The predicted octanol–water partition coefficient (Wildman–Crippen LogP) is 3.30. The molecular weight excluding hydrogens is 410 g/mol. The Balaban J connectivity index is 2.17. The number of benzene rings is 2. The van der Waals surface area contributed by atoms with Crippen LogP contribution in [-0.2, 0) is 17.8 Å². The second kappa shape index (κ2) is 13.3. The number of hydrogen-bond donors (Lipinski definition) is 2. The van der Waals surface area contributed by atoms with Gasteiger partial charge in [0.1, 0.15) is 12.4 Å². The molecule has 0 atom stereocenters. The average Bonchev–Trinajstić information content (AvgIpc) is 2.81. The van der Waals surface area contributed by atoms with Gasteiger partial charge in [-0.1, -0.05) is 12.1 Å². The SMILES string of the molecule is CCNC(=NCc1ccc(OC)c(OC)c1OC)NCc1ccc(C)cc1OCCOC. The van der Waals surface area contributed by atoms with Crippen LogP contribution in [-0.4, -0.2) is 54.2 Å². The monoisotopic (exact) mass is 445 g/mol. The Bertz CT molecular complexity index is 886. The van der Waals surface area contributed by atoms with Crippen LogP contribution in [0.25, 0.3) is 0 Å². The molecule has 0 aliphatic carbocycles. The molecular formula is C24H35N3O5. The van der Waals surface area contributed by atoms with E-state index in [0.29, 0.717) is 49.5 Å². The molecule has 0 saturated carbocycles. The van der Waals surface area contributed by atoms with Crippen LogP contribution in [0, 0.1) is 6.92 Å². The second-order valence-corrected chi connectivity index (χ2v) is 6.99. The molecule has 0 fully saturated rings. The normalized spacial score (nSPS) is 11.1. The summed E-state index contributed by atoms with van der Waals surface area (Å²) in [5.41, 5.74) is 3.07. The van der Waals surface area contributed by atoms with Crippen molar-refractivity contribution in [2.75, 3.05) is 48.2 Å². The molecule has 2 N–H and O–H groups in total. The lowest BCUT2D eigenvalue weighted by molar-refractivity contribution is 0.145. The summed E-state index contributed by atoms with van der Waals surface area (Å²) in [6.45, 7) is 6.82. The molecule has 8 nitrogen and oxygen atoms in total. The van der Waals surface area contributed by atoms with Crippen molar-refractivity contribution >= 4 is 5.96 Å². The molecule has 0 unspecified atom stereocenters. The first-order valence-corrected chi connectivity index (χ1v) is 10.6. The lowest BCUT2D eigenvalue weighted by Crippen LogP contribution is -2.36. The van der Waals surface area contributed by atoms with Crippen LogP contribution in [0.15, 0.2) is 35.3 Å². The Morgan fingerprint density at radius 2 is 1.59 bits per heavy atom. The Hall–Kier alpha value is -3.13. The zero-order valence-corrected chi connectivity index (χ0v) is 19.9. The molecule has 0 aliphatic heterocycles. The molecule has 0 bridgehead atoms. The molecule has 0 spiro atoms. The molecule has 0 aliphatic rings. The lowest BCUT2D eigenvalue weighted by Gasteiger charge is -2.17. The molecule has 0 radical (unpaired) electrons. The third-order valence-corrected chi connectivity index (χ3v) is 4.75. The first-order chi connectivity index (χ1) is 15.6. The smallest absolute Gasteiger partial charge is 0.203 e. The first-order valence-electron chi connectivity index (χ1n) is 10.6. The summed E-state index contributed by atoms with van der Waals surface area (Å²) < 4.78 is 27.4. The number of methoxy groups -OCH3 is 4. The van der Waals surface area contributed by atoms with E-state index in [4.69, 9.17) is 28.7 Å². The highest BCUT2D eigenvalue weighted by atomic mass is 16.5. The lowest BCUT2D eigenvalue weighted by atomic mass is 10.1. The van der Waals surface area contributed by atoms with E-state index >= 15 is 0 Å². The van der Waals surface area contributed by atoms with Gasteiger partial charge in [-0.05, 0) is 37.6 Å². The van der Waals surface area contributed by atoms with Crippen LogP contribution in [0.5, 0.6) is 23.0 Å². The van der Waals surface area contributed by atoms with Gasteiger partial charge >= 0.3 is 0 Å². The standard InChI is InChI=1S/C24H35N3O5/c1-7-25-24(26-15-18-9-8-17(2)14-21(18)32-13-12-28-3)27-16-19-10-11-20(29-4)23(31-6)22(19)30-5/h8-11,14H,7,12-13,15-16H2,1-6H3,(H2,25,26,27). The van der Waals surface area contributed by atoms with Crippen LogP contribution in [0.2, 0.25) is 0 Å². The molecule has 0 amide bonds. The van der Waals surface area contributed by atoms with Gasteiger partial charge in [-0.2, -0.15) is 0 Å². The van der Waals surface area contributed by atoms with Gasteiger partial charge in [-0.15, -0.1) is 0 Å². The number of guanidine groups is 1. The third-order valence-electron chi connectivity index (χ3n) is 4.75. The quantitative estimate of drug-likeness (QED) is 0.295. The van der Waals surface area contributed by atoms with Gasteiger partial charge in [0.2, 0.25) is 5.75 Å². The maximum Gasteiger partial charge on any atom is 0.203 e. The zero-order chi connectivity index (χ0) is 23.3. The number of ether oxygens (including phenoxy) is 5. The van der Waals surface area contributed by atoms with Gasteiger partial charge < -0.3 is 34.3 Å². The molecule has 2 aromatic rings. The van der Waals surface area contributed by atoms with Crippen molar-refractivity contribution in [2.24, 2.45) is 4.99 Å². The average molecular weight is 446 g/mol. The van der Waals surface area contributed by atoms with Gasteiger partial charge in [-0.3, -0.25) is 0 Å². The van der Waals surface area contributed by atoms with Crippen molar-refractivity contribution in [1.29, 1.82) is 0 Å². The molecule has 2 aromatic carbocycles. The van der Waals surface area contributed by atoms with Gasteiger partial charge in [-0.25, -0.2) is 4.99 Å². The Morgan fingerprint density at radius 3 is 2.25 bits per heavy atom. The number of rotatable bonds is 12. The maximum atomic E-state index is 5.89. The topological polar surface area (TPSA) is 82.6 Å². The van der Waals surface area contributed by atoms with Crippen LogP contribution in [0.4, 0.5) is 0 Å². The number of aliphatic imine (C=N–C) groups is 1. The largest absolute Gasteiger partial charge is 0.493 e. The van der Waals surface area contributed by atoms with Crippen molar-refractivity contribution in [1.82, 2.24) is 10.6 Å². The third kappa shape index (κ3) is 6.95. The highest BCUT2D eigenvalue weighted by Crippen LogP contribution is 2.39. The van der Waals surface area contributed by atoms with E-state index < -0.39 is 0 Å². The molecule has 0 saturated heterocycles. The van der Waals surface area contributed by atoms with Gasteiger partial charge in [0.05, 0.1) is 34.5 Å². The van der Waals surface area contributed by atoms with E-state index in [-0.39, 0.29) is 0 Å². The van der Waals surface area contributed by atoms with Crippen molar-refractivity contribution in [3.63, 3.8) is 0 Å². The Morgan fingerprint density at radius 1 is 0.844 bits per heavy atom. The number of nitrogens with zero attached hydrogens (tertiary/aromatic N) is 1. The molecule has 0 aromatic heterocycles. The van der Waals surface area contributed by atoms with Crippen LogP contribution in [0.1, 0.15) is 23.6 Å². The number of aryl methyl sites for hydroxylation is 1. The van der Waals surface area contributed by atoms with Crippen LogP contribution >= 0.6 is 0 Å². The summed E-state index contributed by atoms with van der Waals surface area (Å²) in [5.74, 6) is 3.30. The van der Waals surface area contributed by atoms with E-state index in [2.05, 4.69) is 22.8 Å². The highest BCUT2D eigenvalue weighted by Gasteiger charge is 2.15. The van der Waals surface area contributed by atoms with Gasteiger partial charge in [0, 0.05) is 31.3 Å². The first kappa shape index (κ1) is 25.1. The summed E-state index contributed by atoms with van der Waals surface area (Å²) in [7, 11) is 6.46. The highest BCUT2D eigenvalue weighted by molar-refractivity contribution is 5.80. The number of hydrogen-bond acceptors (Lipinski definition) is 6. The van der Waals surface area contributed by atoms with E-state index in [0.717, 1.165) is 29.0 Å². The summed E-state index contributed by atoms with van der Waals surface area (Å²) in [6, 6.07) is 9.94. The van der Waals surface area contributed by atoms with E-state index in [1.807, 2.05) is 32.0 Å². The minimum absolute atomic E-state index is 0.407. The summed E-state index contributed by atoms with van der Waals surface area (Å²) in [6.07, 6.45) is 0. The zero-order valence-electron chi connectivity index (χ0n) is 19.9. The summed E-state index contributed by atoms with van der Waals surface area (Å²) >= 11 is 0. The fourth-order valence-electron chi connectivity index (χ4n) is 3.15. The second-order valence-electron chi connectivity index (χ2n) is 6.99. The van der Waals surface area contributed by atoms with Crippen LogP contribution in [0.3, 0.4) is 0 Å². The minimum Gasteiger partial charge on any atom is -0.493 e. The van der Waals surface area contributed by atoms with E-state index in [1.165, 1.54) is 0 Å². The van der Waals surface area contributed by atoms with Crippen molar-refractivity contribution < 1.29 is 23.7 Å². The number of nitrogens with one attached hydrogen (secondary N) is 2. The van der Waals surface area contributed by atoms with E-state index in [1.54, 1.807) is 28.4 Å². The summed E-state index contributed by atoms with van der Waals surface area (Å²) in [4.78, 5) is 4.72. The molecule has 0 heterocycles. The molecule has 8 heteroatoms. The van der Waals surface area contributed by atoms with Crippen molar-refractivity contribution in [3.05, 3.63) is 47.0 Å². The van der Waals surface area contributed by atoms with E-state index in [9.17, 15) is 0 Å². The van der Waals surface area contributed by atoms with Gasteiger partial charge in [0.25, 0.3) is 0 Å². The maximum absolute atomic E-state index is 5.89. The molecule has 176 valence electrons. The minimum atomic E-state index is 0.407. The van der Waals surface area contributed by atoms with Crippen molar-refractivity contribution in [3.8, 4) is 23.0 Å². The predicted molar refractivity (Wildman–Crippen MR) is 126 cm³/mol. The van der Waals surface area contributed by atoms with Crippen LogP contribution < -0.4 is 29.6 Å². The van der Waals surface area contributed by atoms with Gasteiger partial charge in [0.15, 0.2) is 17.5 Å². The fourth-order valence-corrected chi connectivity index (χ4v) is 3.15.